The van der Waals surface area contributed by atoms with Crippen LogP contribution < -0.4 is 0 Å². The van der Waals surface area contributed by atoms with Crippen LogP contribution in [-0.4, -0.2) is 23.8 Å². The van der Waals surface area contributed by atoms with Crippen LogP contribution in [-0.2, 0) is 6.54 Å². The van der Waals surface area contributed by atoms with E-state index in [-0.39, 0.29) is 11.8 Å². The van der Waals surface area contributed by atoms with Gasteiger partial charge in [0, 0.05) is 5.56 Å². The Labute approximate surface area is 113 Å². The number of ketones is 1. The van der Waals surface area contributed by atoms with Crippen molar-refractivity contribution in [2.45, 2.75) is 26.4 Å². The van der Waals surface area contributed by atoms with Gasteiger partial charge in [0.2, 0.25) is 0 Å². The first-order valence-electron chi connectivity index (χ1n) is 6.41. The molecule has 0 aliphatic carbocycles. The van der Waals surface area contributed by atoms with Gasteiger partial charge >= 0.3 is 0 Å². The topological polar surface area (TPSA) is 33.5 Å². The van der Waals surface area contributed by atoms with E-state index in [0.717, 1.165) is 16.9 Å². The Bertz CT molecular complexity index is 528. The molecule has 3 nitrogen and oxygen atoms in total. The smallest absolute Gasteiger partial charge is 0.179 e. The molecule has 0 N–H and O–H groups in total. The minimum Gasteiger partial charge on any atom is -0.468 e. The number of carbonyl (C=O) groups excluding carboxylic acids is 1. The highest BCUT2D eigenvalue weighted by Crippen LogP contribution is 2.12. The molecule has 0 fully saturated rings. The Balaban J connectivity index is 2.04. The molecule has 3 heteroatoms. The number of furan rings is 1. The average Bonchev–Trinajstić information content (AvgIpc) is 2.90. The molecule has 0 radical (unpaired) electrons. The number of carbonyl (C=O) groups is 1. The molecule has 1 aromatic heterocycles. The molecule has 19 heavy (non-hydrogen) atoms. The van der Waals surface area contributed by atoms with Gasteiger partial charge in [0.1, 0.15) is 5.76 Å². The van der Waals surface area contributed by atoms with Crippen molar-refractivity contribution in [2.24, 2.45) is 0 Å². The highest BCUT2D eigenvalue weighted by molar-refractivity contribution is 5.99. The van der Waals surface area contributed by atoms with Crippen molar-refractivity contribution in [3.63, 3.8) is 0 Å². The third-order valence-corrected chi connectivity index (χ3v) is 3.36. The Morgan fingerprint density at radius 2 is 1.95 bits per heavy atom. The van der Waals surface area contributed by atoms with Crippen molar-refractivity contribution in [3.8, 4) is 0 Å². The molecule has 0 aliphatic heterocycles. The molecular formula is C16H19NO2. The first kappa shape index (κ1) is 13.6. The van der Waals surface area contributed by atoms with Gasteiger partial charge in [0.05, 0.1) is 18.8 Å². The van der Waals surface area contributed by atoms with E-state index in [1.54, 1.807) is 6.26 Å². The van der Waals surface area contributed by atoms with E-state index in [1.807, 2.05) is 62.2 Å². The van der Waals surface area contributed by atoms with Crippen molar-refractivity contribution >= 4 is 5.78 Å². The minimum absolute atomic E-state index is 0.133. The van der Waals surface area contributed by atoms with E-state index in [9.17, 15) is 4.79 Å². The lowest BCUT2D eigenvalue weighted by Gasteiger charge is -2.22. The van der Waals surface area contributed by atoms with Crippen molar-refractivity contribution in [1.29, 1.82) is 0 Å². The summed E-state index contributed by atoms with van der Waals surface area (Å²) in [6, 6.07) is 11.3. The maximum Gasteiger partial charge on any atom is 0.179 e. The summed E-state index contributed by atoms with van der Waals surface area (Å²) in [5, 5.41) is 0. The van der Waals surface area contributed by atoms with Crippen LogP contribution in [0.3, 0.4) is 0 Å². The van der Waals surface area contributed by atoms with Gasteiger partial charge in [-0.25, -0.2) is 0 Å². The molecule has 0 aliphatic rings. The first-order chi connectivity index (χ1) is 9.08. The molecule has 1 heterocycles. The van der Waals surface area contributed by atoms with Crippen LogP contribution in [0.15, 0.2) is 47.1 Å². The molecule has 0 saturated heterocycles. The number of Topliss-reactive ketones (excluding diaryl/α,β-unsaturated/α-hetero) is 1. The molecule has 0 amide bonds. The van der Waals surface area contributed by atoms with E-state index >= 15 is 0 Å². The van der Waals surface area contributed by atoms with Crippen molar-refractivity contribution < 1.29 is 9.21 Å². The molecule has 100 valence electrons. The summed E-state index contributed by atoms with van der Waals surface area (Å²) in [6.45, 7) is 4.57. The lowest BCUT2D eigenvalue weighted by atomic mass is 10.0. The minimum atomic E-state index is -0.173. The maximum absolute atomic E-state index is 12.4. The van der Waals surface area contributed by atoms with Gasteiger partial charge in [-0.15, -0.1) is 0 Å². The standard InChI is InChI=1S/C16H19NO2/c1-12-6-8-14(9-7-12)16(18)13(2)17(3)11-15-5-4-10-19-15/h4-10,13H,11H2,1-3H3. The predicted octanol–water partition coefficient (Wildman–Crippen LogP) is 3.29. The van der Waals surface area contributed by atoms with E-state index in [1.165, 1.54) is 0 Å². The van der Waals surface area contributed by atoms with Crippen LogP contribution >= 0.6 is 0 Å². The fraction of sp³-hybridized carbons (Fsp3) is 0.312. The zero-order chi connectivity index (χ0) is 13.8. The van der Waals surface area contributed by atoms with Gasteiger partial charge in [0.15, 0.2) is 5.78 Å². The fourth-order valence-electron chi connectivity index (χ4n) is 1.94. The number of aryl methyl sites for hydroxylation is 1. The zero-order valence-corrected chi connectivity index (χ0v) is 11.6. The molecule has 0 spiro atoms. The zero-order valence-electron chi connectivity index (χ0n) is 11.6. The number of hydrogen-bond donors (Lipinski definition) is 0. The summed E-state index contributed by atoms with van der Waals surface area (Å²) in [6.07, 6.45) is 1.65. The van der Waals surface area contributed by atoms with E-state index in [4.69, 9.17) is 4.42 Å². The Kier molecular flexibility index (Phi) is 4.17. The first-order valence-corrected chi connectivity index (χ1v) is 6.41. The van der Waals surface area contributed by atoms with Crippen LogP contribution in [0.5, 0.6) is 0 Å². The van der Waals surface area contributed by atoms with Gasteiger partial charge in [-0.05, 0) is 33.0 Å². The molecule has 1 aromatic carbocycles. The maximum atomic E-state index is 12.4. The van der Waals surface area contributed by atoms with Crippen LogP contribution in [0.4, 0.5) is 0 Å². The normalized spacial score (nSPS) is 12.6. The van der Waals surface area contributed by atoms with E-state index in [0.29, 0.717) is 6.54 Å². The van der Waals surface area contributed by atoms with Gasteiger partial charge in [0.25, 0.3) is 0 Å². The van der Waals surface area contributed by atoms with Crippen molar-refractivity contribution in [2.75, 3.05) is 7.05 Å². The van der Waals surface area contributed by atoms with Crippen LogP contribution in [0.1, 0.15) is 28.6 Å². The number of hydrogen-bond acceptors (Lipinski definition) is 3. The largest absolute Gasteiger partial charge is 0.468 e. The molecule has 1 unspecified atom stereocenters. The third-order valence-electron chi connectivity index (χ3n) is 3.36. The Morgan fingerprint density at radius 1 is 1.26 bits per heavy atom. The molecular weight excluding hydrogens is 238 g/mol. The SMILES string of the molecule is Cc1ccc(C(=O)C(C)N(C)Cc2ccco2)cc1. The summed E-state index contributed by atoms with van der Waals surface area (Å²) in [5.74, 6) is 1.00. The quantitative estimate of drug-likeness (QED) is 0.771. The summed E-state index contributed by atoms with van der Waals surface area (Å²) in [5.41, 5.74) is 1.91. The second kappa shape index (κ2) is 5.85. The second-order valence-electron chi connectivity index (χ2n) is 4.90. The highest BCUT2D eigenvalue weighted by Gasteiger charge is 2.20. The molecule has 0 bridgehead atoms. The van der Waals surface area contributed by atoms with Gasteiger partial charge in [-0.2, -0.15) is 0 Å². The number of nitrogens with zero attached hydrogens (tertiary/aromatic N) is 1. The van der Waals surface area contributed by atoms with Crippen LogP contribution in [0.2, 0.25) is 0 Å². The molecule has 0 saturated carbocycles. The predicted molar refractivity (Wildman–Crippen MR) is 75.1 cm³/mol. The number of likely N-dealkylation sites (N-methyl/N-ethyl adjacent to an activating group) is 1. The van der Waals surface area contributed by atoms with Crippen molar-refractivity contribution in [1.82, 2.24) is 4.90 Å². The summed E-state index contributed by atoms with van der Waals surface area (Å²) in [4.78, 5) is 14.3. The molecule has 2 rings (SSSR count). The van der Waals surface area contributed by atoms with Crippen molar-refractivity contribution in [3.05, 3.63) is 59.5 Å². The molecule has 2 aromatic rings. The average molecular weight is 257 g/mol. The molecule has 1 atom stereocenters. The highest BCUT2D eigenvalue weighted by atomic mass is 16.3. The van der Waals surface area contributed by atoms with E-state index in [2.05, 4.69) is 0 Å². The summed E-state index contributed by atoms with van der Waals surface area (Å²) in [7, 11) is 1.93. The Morgan fingerprint density at radius 3 is 2.53 bits per heavy atom. The monoisotopic (exact) mass is 257 g/mol. The Hall–Kier alpha value is -1.87. The summed E-state index contributed by atoms with van der Waals surface area (Å²) >= 11 is 0. The number of rotatable bonds is 5. The van der Waals surface area contributed by atoms with Crippen LogP contribution in [0, 0.1) is 6.92 Å². The van der Waals surface area contributed by atoms with Gasteiger partial charge in [-0.3, -0.25) is 9.69 Å². The lowest BCUT2D eigenvalue weighted by molar-refractivity contribution is 0.0855. The fourth-order valence-corrected chi connectivity index (χ4v) is 1.94. The summed E-state index contributed by atoms with van der Waals surface area (Å²) < 4.78 is 5.30. The second-order valence-corrected chi connectivity index (χ2v) is 4.90. The lowest BCUT2D eigenvalue weighted by Crippen LogP contribution is -2.35. The van der Waals surface area contributed by atoms with E-state index < -0.39 is 0 Å². The number of benzene rings is 1. The van der Waals surface area contributed by atoms with Gasteiger partial charge < -0.3 is 4.42 Å². The van der Waals surface area contributed by atoms with Gasteiger partial charge in [-0.1, -0.05) is 29.8 Å². The third kappa shape index (κ3) is 3.32. The van der Waals surface area contributed by atoms with Crippen LogP contribution in [0.25, 0.3) is 0 Å².